The second kappa shape index (κ2) is 6.59. The standard InChI is InChI=1S/C18H21ClN2O/c1-3-21(4-2)9-10-22-14-6-8-16-15-7-5-13(19)11-17(15)20-18(16)12-14/h5-8,11-12,20H,3-4,9-10H2,1-2H3. The Kier molecular flexibility index (Phi) is 4.55. The first-order valence-electron chi connectivity index (χ1n) is 7.77. The molecule has 1 aromatic heterocycles. The number of nitrogens with zero attached hydrogens (tertiary/aromatic N) is 1. The summed E-state index contributed by atoms with van der Waals surface area (Å²) in [5.41, 5.74) is 2.14. The van der Waals surface area contributed by atoms with Crippen LogP contribution in [0.3, 0.4) is 0 Å². The van der Waals surface area contributed by atoms with E-state index < -0.39 is 0 Å². The average Bonchev–Trinajstić information content (AvgIpc) is 2.88. The maximum atomic E-state index is 6.05. The zero-order chi connectivity index (χ0) is 15.5. The fourth-order valence-electron chi connectivity index (χ4n) is 2.78. The van der Waals surface area contributed by atoms with Gasteiger partial charge in [-0.25, -0.2) is 0 Å². The largest absolute Gasteiger partial charge is 0.492 e. The first-order chi connectivity index (χ1) is 10.7. The molecule has 0 bridgehead atoms. The van der Waals surface area contributed by atoms with Crippen molar-refractivity contribution in [3.05, 3.63) is 41.4 Å². The summed E-state index contributed by atoms with van der Waals surface area (Å²) in [6.45, 7) is 8.12. The molecule has 3 nitrogen and oxygen atoms in total. The van der Waals surface area contributed by atoms with Gasteiger partial charge in [-0.05, 0) is 37.4 Å². The number of likely N-dealkylation sites (N-methyl/N-ethyl adjacent to an activating group) is 1. The molecule has 2 aromatic carbocycles. The minimum atomic E-state index is 0.708. The van der Waals surface area contributed by atoms with E-state index in [2.05, 4.69) is 41.9 Å². The minimum absolute atomic E-state index is 0.708. The summed E-state index contributed by atoms with van der Waals surface area (Å²) in [7, 11) is 0. The molecular formula is C18H21ClN2O. The third-order valence-electron chi connectivity index (χ3n) is 4.10. The van der Waals surface area contributed by atoms with Crippen molar-refractivity contribution in [1.29, 1.82) is 0 Å². The molecule has 0 aliphatic rings. The highest BCUT2D eigenvalue weighted by atomic mass is 35.5. The Morgan fingerprint density at radius 3 is 2.41 bits per heavy atom. The van der Waals surface area contributed by atoms with Crippen LogP contribution in [0.5, 0.6) is 5.75 Å². The van der Waals surface area contributed by atoms with Crippen LogP contribution in [0.1, 0.15) is 13.8 Å². The van der Waals surface area contributed by atoms with Crippen molar-refractivity contribution < 1.29 is 4.74 Å². The summed E-state index contributed by atoms with van der Waals surface area (Å²) in [4.78, 5) is 5.76. The molecule has 1 N–H and O–H groups in total. The van der Waals surface area contributed by atoms with Gasteiger partial charge in [0.15, 0.2) is 0 Å². The van der Waals surface area contributed by atoms with Gasteiger partial charge in [0.2, 0.25) is 0 Å². The summed E-state index contributed by atoms with van der Waals surface area (Å²) < 4.78 is 5.88. The molecule has 0 unspecified atom stereocenters. The zero-order valence-electron chi connectivity index (χ0n) is 13.0. The maximum Gasteiger partial charge on any atom is 0.121 e. The lowest BCUT2D eigenvalue weighted by molar-refractivity contribution is 0.223. The lowest BCUT2D eigenvalue weighted by Gasteiger charge is -2.17. The first-order valence-corrected chi connectivity index (χ1v) is 8.15. The van der Waals surface area contributed by atoms with Crippen molar-refractivity contribution in [3.8, 4) is 5.75 Å². The lowest BCUT2D eigenvalue weighted by Crippen LogP contribution is -2.27. The van der Waals surface area contributed by atoms with Crippen molar-refractivity contribution >= 4 is 33.4 Å². The Morgan fingerprint density at radius 1 is 1.00 bits per heavy atom. The molecular weight excluding hydrogens is 296 g/mol. The van der Waals surface area contributed by atoms with Crippen molar-refractivity contribution in [3.63, 3.8) is 0 Å². The van der Waals surface area contributed by atoms with Crippen LogP contribution < -0.4 is 4.74 Å². The number of hydrogen-bond donors (Lipinski definition) is 1. The molecule has 1 heterocycles. The van der Waals surface area contributed by atoms with Gasteiger partial charge in [0.1, 0.15) is 12.4 Å². The fourth-order valence-corrected chi connectivity index (χ4v) is 2.96. The molecule has 0 spiro atoms. The molecule has 3 rings (SSSR count). The van der Waals surface area contributed by atoms with E-state index in [4.69, 9.17) is 16.3 Å². The third-order valence-corrected chi connectivity index (χ3v) is 4.34. The monoisotopic (exact) mass is 316 g/mol. The van der Waals surface area contributed by atoms with Crippen molar-refractivity contribution in [2.45, 2.75) is 13.8 Å². The summed E-state index contributed by atoms with van der Waals surface area (Å²) in [6.07, 6.45) is 0. The van der Waals surface area contributed by atoms with Gasteiger partial charge in [-0.15, -0.1) is 0 Å². The van der Waals surface area contributed by atoms with Gasteiger partial charge >= 0.3 is 0 Å². The molecule has 0 aliphatic carbocycles. The molecule has 4 heteroatoms. The predicted octanol–water partition coefficient (Wildman–Crippen LogP) is 4.70. The van der Waals surface area contributed by atoms with Gasteiger partial charge in [-0.1, -0.05) is 31.5 Å². The van der Waals surface area contributed by atoms with E-state index in [9.17, 15) is 0 Å². The van der Waals surface area contributed by atoms with Gasteiger partial charge in [0.25, 0.3) is 0 Å². The van der Waals surface area contributed by atoms with Crippen LogP contribution in [0, 0.1) is 0 Å². The average molecular weight is 317 g/mol. The second-order valence-corrected chi connectivity index (χ2v) is 5.83. The smallest absolute Gasteiger partial charge is 0.121 e. The number of aromatic amines is 1. The summed E-state index contributed by atoms with van der Waals surface area (Å²) in [5.74, 6) is 0.900. The molecule has 0 radical (unpaired) electrons. The van der Waals surface area contributed by atoms with Crippen LogP contribution in [-0.4, -0.2) is 36.1 Å². The highest BCUT2D eigenvalue weighted by Gasteiger charge is 2.06. The van der Waals surface area contributed by atoms with Crippen molar-refractivity contribution in [2.75, 3.05) is 26.2 Å². The van der Waals surface area contributed by atoms with Gasteiger partial charge in [-0.2, -0.15) is 0 Å². The molecule has 0 aliphatic heterocycles. The minimum Gasteiger partial charge on any atom is -0.492 e. The molecule has 0 fully saturated rings. The van der Waals surface area contributed by atoms with Crippen LogP contribution in [0.4, 0.5) is 0 Å². The van der Waals surface area contributed by atoms with E-state index in [0.717, 1.165) is 41.4 Å². The van der Waals surface area contributed by atoms with Gasteiger partial charge in [-0.3, -0.25) is 0 Å². The van der Waals surface area contributed by atoms with E-state index in [1.807, 2.05) is 18.2 Å². The highest BCUT2D eigenvalue weighted by molar-refractivity contribution is 6.31. The number of hydrogen-bond acceptors (Lipinski definition) is 2. The molecule has 0 saturated carbocycles. The second-order valence-electron chi connectivity index (χ2n) is 5.40. The van der Waals surface area contributed by atoms with E-state index in [1.54, 1.807) is 0 Å². The van der Waals surface area contributed by atoms with E-state index in [-0.39, 0.29) is 0 Å². The number of aromatic nitrogens is 1. The molecule has 0 saturated heterocycles. The van der Waals surface area contributed by atoms with E-state index in [0.29, 0.717) is 6.61 Å². The third kappa shape index (κ3) is 3.06. The topological polar surface area (TPSA) is 28.3 Å². The van der Waals surface area contributed by atoms with Crippen LogP contribution >= 0.6 is 11.6 Å². The normalized spacial score (nSPS) is 11.6. The van der Waals surface area contributed by atoms with E-state index >= 15 is 0 Å². The molecule has 0 amide bonds. The Balaban J connectivity index is 1.79. The summed E-state index contributed by atoms with van der Waals surface area (Å²) in [6, 6.07) is 12.1. The van der Waals surface area contributed by atoms with Crippen LogP contribution in [0.2, 0.25) is 5.02 Å². The Morgan fingerprint density at radius 2 is 1.68 bits per heavy atom. The number of halogens is 1. The number of rotatable bonds is 6. The summed E-state index contributed by atoms with van der Waals surface area (Å²) in [5, 5.41) is 3.13. The van der Waals surface area contributed by atoms with Gasteiger partial charge in [0.05, 0.1) is 5.52 Å². The zero-order valence-corrected chi connectivity index (χ0v) is 13.8. The van der Waals surface area contributed by atoms with Crippen LogP contribution in [0.15, 0.2) is 36.4 Å². The Labute approximate surface area is 135 Å². The molecule has 22 heavy (non-hydrogen) atoms. The molecule has 116 valence electrons. The molecule has 3 aromatic rings. The fraction of sp³-hybridized carbons (Fsp3) is 0.333. The first kappa shape index (κ1) is 15.2. The van der Waals surface area contributed by atoms with Crippen molar-refractivity contribution in [2.24, 2.45) is 0 Å². The van der Waals surface area contributed by atoms with Crippen LogP contribution in [0.25, 0.3) is 21.8 Å². The number of nitrogens with one attached hydrogen (secondary N) is 1. The highest BCUT2D eigenvalue weighted by Crippen LogP contribution is 2.29. The van der Waals surface area contributed by atoms with Crippen LogP contribution in [-0.2, 0) is 0 Å². The number of H-pyrrole nitrogens is 1. The maximum absolute atomic E-state index is 6.05. The lowest BCUT2D eigenvalue weighted by atomic mass is 10.1. The SMILES string of the molecule is CCN(CC)CCOc1ccc2c(c1)[nH]c1cc(Cl)ccc12. The Bertz CT molecular complexity index is 777. The Hall–Kier alpha value is -1.71. The van der Waals surface area contributed by atoms with E-state index in [1.165, 1.54) is 10.8 Å². The predicted molar refractivity (Wildman–Crippen MR) is 94.1 cm³/mol. The van der Waals surface area contributed by atoms with Gasteiger partial charge in [0, 0.05) is 33.9 Å². The quantitative estimate of drug-likeness (QED) is 0.714. The summed E-state index contributed by atoms with van der Waals surface area (Å²) >= 11 is 6.05. The van der Waals surface area contributed by atoms with Gasteiger partial charge < -0.3 is 14.6 Å². The number of ether oxygens (including phenoxy) is 1. The number of fused-ring (bicyclic) bond motifs is 3. The number of benzene rings is 2. The van der Waals surface area contributed by atoms with Crippen molar-refractivity contribution in [1.82, 2.24) is 9.88 Å². The molecule has 0 atom stereocenters.